The Kier molecular flexibility index (Phi) is 10.4. The number of hydrogen-bond acceptors (Lipinski definition) is 6. The third-order valence-electron chi connectivity index (χ3n) is 5.60. The Morgan fingerprint density at radius 1 is 0.972 bits per heavy atom. The van der Waals surface area contributed by atoms with Crippen LogP contribution in [0.25, 0.3) is 0 Å². The van der Waals surface area contributed by atoms with Crippen molar-refractivity contribution in [2.75, 3.05) is 13.1 Å². The van der Waals surface area contributed by atoms with Crippen molar-refractivity contribution in [3.05, 3.63) is 65.5 Å². The van der Waals surface area contributed by atoms with Crippen molar-refractivity contribution in [1.82, 2.24) is 15.5 Å². The fourth-order valence-electron chi connectivity index (χ4n) is 3.56. The molecule has 0 saturated carbocycles. The van der Waals surface area contributed by atoms with Crippen LogP contribution in [0.1, 0.15) is 25.0 Å². The Morgan fingerprint density at radius 3 is 2.08 bits per heavy atom. The average molecular weight is 502 g/mol. The molecule has 10 nitrogen and oxygen atoms in total. The van der Waals surface area contributed by atoms with Gasteiger partial charge in [0.25, 0.3) is 0 Å². The zero-order valence-electron chi connectivity index (χ0n) is 20.2. The highest BCUT2D eigenvalue weighted by Gasteiger charge is 2.28. The minimum absolute atomic E-state index is 0.0918. The van der Waals surface area contributed by atoms with Crippen molar-refractivity contribution in [3.63, 3.8) is 0 Å². The first-order valence-electron chi connectivity index (χ1n) is 11.5. The maximum Gasteiger partial charge on any atom is 0.242 e. The maximum atomic E-state index is 13.2. The molecule has 0 aromatic heterocycles. The summed E-state index contributed by atoms with van der Waals surface area (Å²) >= 11 is 0. The monoisotopic (exact) mass is 501 g/mol. The van der Waals surface area contributed by atoms with E-state index in [2.05, 4.69) is 10.6 Å². The van der Waals surface area contributed by atoms with Gasteiger partial charge in [0.05, 0.1) is 12.6 Å². The molecule has 2 rings (SSSR count). The van der Waals surface area contributed by atoms with Crippen molar-refractivity contribution in [3.8, 4) is 5.75 Å². The number of benzene rings is 2. The van der Waals surface area contributed by atoms with Gasteiger partial charge in [0.1, 0.15) is 23.7 Å². The molecule has 0 saturated heterocycles. The lowest BCUT2D eigenvalue weighted by Crippen LogP contribution is -2.54. The van der Waals surface area contributed by atoms with Crippen molar-refractivity contribution in [2.45, 2.75) is 44.8 Å². The van der Waals surface area contributed by atoms with E-state index in [1.54, 1.807) is 19.1 Å². The van der Waals surface area contributed by atoms with E-state index in [0.717, 1.165) is 5.56 Å². The number of likely N-dealkylation sites (N-methyl/N-ethyl adjacent to an activating group) is 1. The summed E-state index contributed by atoms with van der Waals surface area (Å²) in [5.74, 6) is -2.78. The molecule has 0 spiro atoms. The van der Waals surface area contributed by atoms with Gasteiger partial charge in [0, 0.05) is 13.0 Å². The topological polar surface area (TPSA) is 168 Å². The minimum Gasteiger partial charge on any atom is -0.508 e. The number of phenols is 1. The van der Waals surface area contributed by atoms with Crippen LogP contribution in [0.15, 0.2) is 48.5 Å². The second-order valence-corrected chi connectivity index (χ2v) is 8.35. The first-order chi connectivity index (χ1) is 17.0. The van der Waals surface area contributed by atoms with Gasteiger partial charge in [-0.3, -0.25) is 19.2 Å². The fourth-order valence-corrected chi connectivity index (χ4v) is 3.56. The molecule has 3 atom stereocenters. The predicted octanol–water partition coefficient (Wildman–Crippen LogP) is -0.0329. The molecule has 0 bridgehead atoms. The molecule has 36 heavy (non-hydrogen) atoms. The van der Waals surface area contributed by atoms with Gasteiger partial charge in [0.2, 0.25) is 23.6 Å². The highest BCUT2D eigenvalue weighted by Crippen LogP contribution is 2.12. The number of nitrogens with one attached hydrogen (secondary N) is 2. The number of halogens is 1. The highest BCUT2D eigenvalue weighted by molar-refractivity contribution is 5.93. The molecule has 11 heteroatoms. The molecule has 194 valence electrons. The van der Waals surface area contributed by atoms with E-state index < -0.39 is 54.1 Å². The molecule has 4 amide bonds. The van der Waals surface area contributed by atoms with Gasteiger partial charge in [-0.1, -0.05) is 24.3 Å². The Bertz CT molecular complexity index is 1060. The average Bonchev–Trinajstić information content (AvgIpc) is 2.84. The van der Waals surface area contributed by atoms with E-state index in [0.29, 0.717) is 5.56 Å². The summed E-state index contributed by atoms with van der Waals surface area (Å²) in [6, 6.07) is 8.85. The quantitative estimate of drug-likeness (QED) is 0.274. The van der Waals surface area contributed by atoms with Crippen LogP contribution in [0.5, 0.6) is 5.75 Å². The molecule has 0 fully saturated rings. The summed E-state index contributed by atoms with van der Waals surface area (Å²) in [5.41, 5.74) is 12.8. The van der Waals surface area contributed by atoms with Crippen molar-refractivity contribution in [2.24, 2.45) is 11.5 Å². The summed E-state index contributed by atoms with van der Waals surface area (Å²) in [7, 11) is 0. The third kappa shape index (κ3) is 8.35. The van der Waals surface area contributed by atoms with Crippen LogP contribution in [0.3, 0.4) is 0 Å². The van der Waals surface area contributed by atoms with E-state index >= 15 is 0 Å². The SMILES string of the molecule is CCN(C(=O)CNC(=O)[C@@H](C)NC(=O)[C@@H](N)Cc1ccc(O)cc1)[C@@H](Cc1ccc(F)cc1)C(N)=O. The molecular formula is C25H32FN5O5. The molecule has 0 aliphatic carbocycles. The number of carbonyl (C=O) groups excluding carboxylic acids is 4. The Balaban J connectivity index is 1.90. The van der Waals surface area contributed by atoms with Gasteiger partial charge >= 0.3 is 0 Å². The van der Waals surface area contributed by atoms with Crippen molar-refractivity contribution in [1.29, 1.82) is 0 Å². The molecule has 7 N–H and O–H groups in total. The van der Waals surface area contributed by atoms with Crippen LogP contribution in [0.2, 0.25) is 0 Å². The van der Waals surface area contributed by atoms with E-state index in [9.17, 15) is 28.7 Å². The third-order valence-corrected chi connectivity index (χ3v) is 5.60. The summed E-state index contributed by atoms with van der Waals surface area (Å²) < 4.78 is 13.2. The number of nitrogens with zero attached hydrogens (tertiary/aromatic N) is 1. The van der Waals surface area contributed by atoms with Gasteiger partial charge in [-0.05, 0) is 55.7 Å². The number of primary amides is 1. The second-order valence-electron chi connectivity index (χ2n) is 8.35. The molecule has 0 unspecified atom stereocenters. The summed E-state index contributed by atoms with van der Waals surface area (Å²) in [6.07, 6.45) is 0.293. The summed E-state index contributed by atoms with van der Waals surface area (Å²) in [5, 5.41) is 14.3. The van der Waals surface area contributed by atoms with E-state index in [-0.39, 0.29) is 25.1 Å². The molecule has 0 aliphatic rings. The number of hydrogen-bond donors (Lipinski definition) is 5. The van der Waals surface area contributed by atoms with Crippen LogP contribution in [-0.4, -0.2) is 64.9 Å². The number of amides is 4. The minimum atomic E-state index is -0.986. The number of rotatable bonds is 12. The Morgan fingerprint density at radius 2 is 1.53 bits per heavy atom. The van der Waals surface area contributed by atoms with Gasteiger partial charge in [-0.25, -0.2) is 4.39 Å². The zero-order valence-corrected chi connectivity index (χ0v) is 20.2. The smallest absolute Gasteiger partial charge is 0.242 e. The van der Waals surface area contributed by atoms with E-state index in [1.165, 1.54) is 48.2 Å². The number of aromatic hydroxyl groups is 1. The van der Waals surface area contributed by atoms with Crippen molar-refractivity contribution >= 4 is 23.6 Å². The Labute approximate surface area is 208 Å². The lowest BCUT2D eigenvalue weighted by Gasteiger charge is -2.29. The molecule has 0 radical (unpaired) electrons. The molecule has 0 heterocycles. The molecule has 0 aliphatic heterocycles. The van der Waals surface area contributed by atoms with Gasteiger partial charge in [-0.2, -0.15) is 0 Å². The van der Waals surface area contributed by atoms with Crippen LogP contribution >= 0.6 is 0 Å². The standard InChI is InChI=1S/C25H32FN5O5/c1-3-31(21(23(28)34)13-17-4-8-18(26)9-5-17)22(33)14-29-24(35)15(2)30-25(36)20(27)12-16-6-10-19(32)11-7-16/h4-11,15,20-21,32H,3,12-14,27H2,1-2H3,(H2,28,34)(H,29,35)(H,30,36)/t15-,20+,21+/m1/s1. The van der Waals surface area contributed by atoms with Gasteiger partial charge < -0.3 is 32.1 Å². The number of phenolic OH excluding ortho intramolecular Hbond substituents is 1. The Hall–Kier alpha value is -3.99. The van der Waals surface area contributed by atoms with E-state index in [4.69, 9.17) is 11.5 Å². The maximum absolute atomic E-state index is 13.2. The predicted molar refractivity (Wildman–Crippen MR) is 131 cm³/mol. The van der Waals surface area contributed by atoms with Crippen LogP contribution in [0.4, 0.5) is 4.39 Å². The largest absolute Gasteiger partial charge is 0.508 e. The lowest BCUT2D eigenvalue weighted by atomic mass is 10.0. The van der Waals surface area contributed by atoms with Gasteiger partial charge in [0.15, 0.2) is 0 Å². The number of nitrogens with two attached hydrogens (primary N) is 2. The van der Waals surface area contributed by atoms with Crippen molar-refractivity contribution < 1.29 is 28.7 Å². The molecular weight excluding hydrogens is 469 g/mol. The van der Waals surface area contributed by atoms with E-state index in [1.807, 2.05) is 0 Å². The highest BCUT2D eigenvalue weighted by atomic mass is 19.1. The molecule has 2 aromatic rings. The van der Waals surface area contributed by atoms with Crippen LogP contribution in [-0.2, 0) is 32.0 Å². The molecule has 2 aromatic carbocycles. The summed E-state index contributed by atoms with van der Waals surface area (Å²) in [6.45, 7) is 2.85. The zero-order chi connectivity index (χ0) is 26.8. The number of carbonyl (C=O) groups is 4. The van der Waals surface area contributed by atoms with Gasteiger partial charge in [-0.15, -0.1) is 0 Å². The summed E-state index contributed by atoms with van der Waals surface area (Å²) in [4.78, 5) is 50.9. The van der Waals surface area contributed by atoms with Crippen LogP contribution in [0, 0.1) is 5.82 Å². The fraction of sp³-hybridized carbons (Fsp3) is 0.360. The second kappa shape index (κ2) is 13.2. The first kappa shape index (κ1) is 28.2. The first-order valence-corrected chi connectivity index (χ1v) is 11.5. The lowest BCUT2D eigenvalue weighted by molar-refractivity contribution is -0.139. The normalized spacial score (nSPS) is 13.2. The van der Waals surface area contributed by atoms with Crippen LogP contribution < -0.4 is 22.1 Å².